The molecular formula is C18H25N3O3. The van der Waals surface area contributed by atoms with Gasteiger partial charge in [-0.25, -0.2) is 0 Å². The molecule has 0 spiro atoms. The summed E-state index contributed by atoms with van der Waals surface area (Å²) in [6.45, 7) is 11.5. The number of benzene rings is 1. The van der Waals surface area contributed by atoms with Crippen LogP contribution in [0.1, 0.15) is 25.3 Å². The SMILES string of the molecule is CCN(CC)CCOc1ccc(NC=O)cc1-c1c(C)noc1C. The minimum atomic E-state index is 0.596. The second-order valence-corrected chi connectivity index (χ2v) is 5.55. The number of rotatable bonds is 9. The van der Waals surface area contributed by atoms with Crippen LogP contribution >= 0.6 is 0 Å². The Kier molecular flexibility index (Phi) is 6.37. The number of anilines is 1. The molecule has 1 N–H and O–H groups in total. The number of carbonyl (C=O) groups excluding carboxylic acids is 1. The zero-order chi connectivity index (χ0) is 17.5. The highest BCUT2D eigenvalue weighted by molar-refractivity contribution is 5.80. The topological polar surface area (TPSA) is 67.6 Å². The van der Waals surface area contributed by atoms with E-state index in [4.69, 9.17) is 9.26 Å². The van der Waals surface area contributed by atoms with Crippen molar-refractivity contribution in [3.63, 3.8) is 0 Å². The van der Waals surface area contributed by atoms with Crippen molar-refractivity contribution in [1.82, 2.24) is 10.1 Å². The molecular weight excluding hydrogens is 306 g/mol. The molecule has 0 fully saturated rings. The standard InChI is InChI=1S/C18H25N3O3/c1-5-21(6-2)9-10-23-17-8-7-15(19-12-22)11-16(17)18-13(3)20-24-14(18)4/h7-8,11-12H,5-6,9-10H2,1-4H3,(H,19,22). The van der Waals surface area contributed by atoms with Crippen molar-refractivity contribution in [2.75, 3.05) is 31.6 Å². The zero-order valence-corrected chi connectivity index (χ0v) is 14.8. The Balaban J connectivity index is 2.28. The summed E-state index contributed by atoms with van der Waals surface area (Å²) in [4.78, 5) is 13.0. The molecule has 6 heteroatoms. The van der Waals surface area contributed by atoms with Gasteiger partial charge in [-0.15, -0.1) is 0 Å². The molecule has 0 aliphatic carbocycles. The van der Waals surface area contributed by atoms with E-state index in [9.17, 15) is 4.79 Å². The third kappa shape index (κ3) is 4.14. The van der Waals surface area contributed by atoms with E-state index in [1.165, 1.54) is 0 Å². The van der Waals surface area contributed by atoms with Gasteiger partial charge in [-0.2, -0.15) is 0 Å². The average Bonchev–Trinajstić information content (AvgIpc) is 2.91. The van der Waals surface area contributed by atoms with Crippen LogP contribution < -0.4 is 10.1 Å². The van der Waals surface area contributed by atoms with Crippen LogP contribution in [-0.2, 0) is 4.79 Å². The Hall–Kier alpha value is -2.34. The Morgan fingerprint density at radius 3 is 2.62 bits per heavy atom. The maximum Gasteiger partial charge on any atom is 0.211 e. The Morgan fingerprint density at radius 1 is 1.29 bits per heavy atom. The summed E-state index contributed by atoms with van der Waals surface area (Å²) in [6.07, 6.45) is 0.660. The molecule has 0 atom stereocenters. The predicted molar refractivity (Wildman–Crippen MR) is 94.4 cm³/mol. The third-order valence-electron chi connectivity index (χ3n) is 4.07. The van der Waals surface area contributed by atoms with Gasteiger partial charge in [0, 0.05) is 17.8 Å². The van der Waals surface area contributed by atoms with Crippen molar-refractivity contribution >= 4 is 12.1 Å². The molecule has 1 heterocycles. The van der Waals surface area contributed by atoms with Gasteiger partial charge in [0.05, 0.1) is 11.3 Å². The summed E-state index contributed by atoms with van der Waals surface area (Å²) in [5.41, 5.74) is 3.28. The number of hydrogen-bond donors (Lipinski definition) is 1. The number of likely N-dealkylation sites (N-methyl/N-ethyl adjacent to an activating group) is 1. The van der Waals surface area contributed by atoms with Gasteiger partial charge in [-0.05, 0) is 45.1 Å². The number of aromatic nitrogens is 1. The summed E-state index contributed by atoms with van der Waals surface area (Å²) in [6, 6.07) is 5.58. The van der Waals surface area contributed by atoms with E-state index in [0.717, 1.165) is 48.0 Å². The van der Waals surface area contributed by atoms with Gasteiger partial charge in [-0.1, -0.05) is 19.0 Å². The van der Waals surface area contributed by atoms with Crippen LogP contribution in [0.4, 0.5) is 5.69 Å². The highest BCUT2D eigenvalue weighted by Gasteiger charge is 2.17. The van der Waals surface area contributed by atoms with Gasteiger partial charge in [0.25, 0.3) is 0 Å². The number of ether oxygens (including phenoxy) is 1. The second-order valence-electron chi connectivity index (χ2n) is 5.55. The Bertz CT molecular complexity index is 659. The van der Waals surface area contributed by atoms with E-state index >= 15 is 0 Å². The van der Waals surface area contributed by atoms with Crippen molar-refractivity contribution in [1.29, 1.82) is 0 Å². The normalized spacial score (nSPS) is 10.9. The molecule has 0 unspecified atom stereocenters. The summed E-state index contributed by atoms with van der Waals surface area (Å²) < 4.78 is 11.3. The van der Waals surface area contributed by atoms with Gasteiger partial charge < -0.3 is 19.5 Å². The first-order valence-electron chi connectivity index (χ1n) is 8.23. The number of amides is 1. The molecule has 0 bridgehead atoms. The highest BCUT2D eigenvalue weighted by atomic mass is 16.5. The van der Waals surface area contributed by atoms with Gasteiger partial charge in [0.15, 0.2) is 0 Å². The van der Waals surface area contributed by atoms with Crippen molar-refractivity contribution < 1.29 is 14.1 Å². The van der Waals surface area contributed by atoms with E-state index in [0.29, 0.717) is 18.7 Å². The van der Waals surface area contributed by atoms with Crippen LogP contribution in [0.5, 0.6) is 5.75 Å². The molecule has 1 aromatic carbocycles. The van der Waals surface area contributed by atoms with Crippen LogP contribution in [0, 0.1) is 13.8 Å². The second kappa shape index (κ2) is 8.49. The summed E-state index contributed by atoms with van der Waals surface area (Å²) >= 11 is 0. The zero-order valence-electron chi connectivity index (χ0n) is 14.8. The lowest BCUT2D eigenvalue weighted by molar-refractivity contribution is -0.105. The predicted octanol–water partition coefficient (Wildman–Crippen LogP) is 3.25. The summed E-state index contributed by atoms with van der Waals surface area (Å²) in [5, 5.41) is 6.69. The molecule has 0 aliphatic heterocycles. The molecule has 0 saturated carbocycles. The first-order valence-corrected chi connectivity index (χ1v) is 8.23. The molecule has 130 valence electrons. The average molecular weight is 331 g/mol. The third-order valence-corrected chi connectivity index (χ3v) is 4.07. The number of aryl methyl sites for hydroxylation is 2. The monoisotopic (exact) mass is 331 g/mol. The molecule has 2 aromatic rings. The van der Waals surface area contributed by atoms with E-state index in [2.05, 4.69) is 29.2 Å². The highest BCUT2D eigenvalue weighted by Crippen LogP contribution is 2.36. The molecule has 24 heavy (non-hydrogen) atoms. The molecule has 2 rings (SSSR count). The number of hydrogen-bond acceptors (Lipinski definition) is 5. The molecule has 1 amide bonds. The van der Waals surface area contributed by atoms with Gasteiger partial charge >= 0.3 is 0 Å². The molecule has 0 aliphatic rings. The quantitative estimate of drug-likeness (QED) is 0.714. The van der Waals surface area contributed by atoms with E-state index < -0.39 is 0 Å². The molecule has 1 aromatic heterocycles. The maximum absolute atomic E-state index is 10.7. The lowest BCUT2D eigenvalue weighted by atomic mass is 10.0. The lowest BCUT2D eigenvalue weighted by Crippen LogP contribution is -2.28. The number of nitrogens with one attached hydrogen (secondary N) is 1. The van der Waals surface area contributed by atoms with Crippen molar-refractivity contribution in [3.8, 4) is 16.9 Å². The fraction of sp³-hybridized carbons (Fsp3) is 0.444. The van der Waals surface area contributed by atoms with E-state index in [1.807, 2.05) is 32.0 Å². The van der Waals surface area contributed by atoms with Crippen LogP contribution in [0.25, 0.3) is 11.1 Å². The largest absolute Gasteiger partial charge is 0.492 e. The minimum absolute atomic E-state index is 0.596. The van der Waals surface area contributed by atoms with Crippen LogP contribution in [0.3, 0.4) is 0 Å². The molecule has 6 nitrogen and oxygen atoms in total. The van der Waals surface area contributed by atoms with Crippen molar-refractivity contribution in [2.45, 2.75) is 27.7 Å². The van der Waals surface area contributed by atoms with Gasteiger partial charge in [0.2, 0.25) is 6.41 Å². The fourth-order valence-electron chi connectivity index (χ4n) is 2.70. The van der Waals surface area contributed by atoms with Crippen molar-refractivity contribution in [2.24, 2.45) is 0 Å². The lowest BCUT2D eigenvalue weighted by Gasteiger charge is -2.19. The number of nitrogens with zero attached hydrogens (tertiary/aromatic N) is 2. The van der Waals surface area contributed by atoms with Gasteiger partial charge in [-0.3, -0.25) is 4.79 Å². The summed E-state index contributed by atoms with van der Waals surface area (Å²) in [7, 11) is 0. The first kappa shape index (κ1) is 18.0. The summed E-state index contributed by atoms with van der Waals surface area (Å²) in [5.74, 6) is 1.48. The van der Waals surface area contributed by atoms with Gasteiger partial charge in [0.1, 0.15) is 18.1 Å². The molecule has 0 saturated heterocycles. The Morgan fingerprint density at radius 2 is 2.04 bits per heavy atom. The first-order chi connectivity index (χ1) is 11.6. The van der Waals surface area contributed by atoms with Crippen LogP contribution in [-0.4, -0.2) is 42.7 Å². The fourth-order valence-corrected chi connectivity index (χ4v) is 2.70. The Labute approximate surface area is 142 Å². The van der Waals surface area contributed by atoms with E-state index in [-0.39, 0.29) is 0 Å². The van der Waals surface area contributed by atoms with Crippen LogP contribution in [0.2, 0.25) is 0 Å². The van der Waals surface area contributed by atoms with Crippen LogP contribution in [0.15, 0.2) is 22.7 Å². The maximum atomic E-state index is 10.7. The molecule has 0 radical (unpaired) electrons. The van der Waals surface area contributed by atoms with E-state index in [1.54, 1.807) is 0 Å². The van der Waals surface area contributed by atoms with Crippen molar-refractivity contribution in [3.05, 3.63) is 29.7 Å². The number of carbonyl (C=O) groups is 1. The smallest absolute Gasteiger partial charge is 0.211 e. The minimum Gasteiger partial charge on any atom is -0.492 e.